The van der Waals surface area contributed by atoms with Gasteiger partial charge in [-0.05, 0) is 12.1 Å². The van der Waals surface area contributed by atoms with Gasteiger partial charge in [-0.2, -0.15) is 13.4 Å². The first-order valence-electron chi connectivity index (χ1n) is 3.97. The van der Waals surface area contributed by atoms with Crippen LogP contribution in [0.5, 0.6) is 0 Å². The zero-order valence-corrected chi connectivity index (χ0v) is 10.0. The van der Waals surface area contributed by atoms with E-state index in [1.165, 1.54) is 12.1 Å². The lowest BCUT2D eigenvalue weighted by atomic mass is 10.4. The molecule has 0 aromatic carbocycles. The molecule has 16 heavy (non-hydrogen) atoms. The minimum absolute atomic E-state index is 0.0868. The molecule has 9 heteroatoms. The van der Waals surface area contributed by atoms with Gasteiger partial charge in [0.1, 0.15) is 10.1 Å². The van der Waals surface area contributed by atoms with Gasteiger partial charge in [0, 0.05) is 0 Å². The van der Waals surface area contributed by atoms with Crippen molar-refractivity contribution in [3.05, 3.63) is 18.0 Å². The van der Waals surface area contributed by atoms with Crippen LogP contribution in [0.2, 0.25) is 0 Å². The number of hydrogen-bond donors (Lipinski definition) is 1. The fourth-order valence-corrected chi connectivity index (χ4v) is 2.69. The van der Waals surface area contributed by atoms with Gasteiger partial charge < -0.3 is 4.52 Å². The van der Waals surface area contributed by atoms with Crippen LogP contribution in [0.4, 0.5) is 0 Å². The van der Waals surface area contributed by atoms with Crippen LogP contribution in [0.3, 0.4) is 0 Å². The Balaban J connectivity index is 2.39. The summed E-state index contributed by atoms with van der Waals surface area (Å²) >= 11 is 6.33. The molecular formula is C7H5ClN2O4S2. The maximum atomic E-state index is 10.8. The number of halogens is 1. The summed E-state index contributed by atoms with van der Waals surface area (Å²) in [6.45, 7) is 0. The molecule has 2 aromatic heterocycles. The lowest BCUT2D eigenvalue weighted by Crippen LogP contribution is -1.93. The average Bonchev–Trinajstić information content (AvgIpc) is 2.85. The van der Waals surface area contributed by atoms with Crippen molar-refractivity contribution in [3.63, 3.8) is 0 Å². The predicted molar refractivity (Wildman–Crippen MR) is 57.0 cm³/mol. The second-order valence-electron chi connectivity index (χ2n) is 2.74. The van der Waals surface area contributed by atoms with Gasteiger partial charge in [0.15, 0.2) is 0 Å². The number of thiophene rings is 1. The fraction of sp³-hybridized carbons (Fsp3) is 0.143. The zero-order chi connectivity index (χ0) is 11.8. The van der Waals surface area contributed by atoms with Gasteiger partial charge in [-0.3, -0.25) is 4.55 Å². The molecule has 2 aromatic rings. The van der Waals surface area contributed by atoms with Crippen LogP contribution in [0.15, 0.2) is 20.9 Å². The Morgan fingerprint density at radius 3 is 2.75 bits per heavy atom. The van der Waals surface area contributed by atoms with E-state index >= 15 is 0 Å². The van der Waals surface area contributed by atoms with E-state index in [2.05, 4.69) is 10.1 Å². The SMILES string of the molecule is O=S(=O)(O)c1ccc(-c2noc(CCl)n2)s1. The molecular weight excluding hydrogens is 276 g/mol. The highest BCUT2D eigenvalue weighted by Crippen LogP contribution is 2.28. The van der Waals surface area contributed by atoms with Crippen molar-refractivity contribution in [2.75, 3.05) is 0 Å². The Hall–Kier alpha value is -0.960. The summed E-state index contributed by atoms with van der Waals surface area (Å²) in [6.07, 6.45) is 0. The average molecular weight is 281 g/mol. The van der Waals surface area contributed by atoms with Gasteiger partial charge in [0.25, 0.3) is 0 Å². The number of aromatic nitrogens is 2. The molecule has 2 rings (SSSR count). The second kappa shape index (κ2) is 4.13. The molecule has 0 spiro atoms. The van der Waals surface area contributed by atoms with Crippen LogP contribution >= 0.6 is 22.9 Å². The monoisotopic (exact) mass is 280 g/mol. The number of hydrogen-bond acceptors (Lipinski definition) is 6. The Labute approximate surface area is 99.6 Å². The number of rotatable bonds is 3. The summed E-state index contributed by atoms with van der Waals surface area (Å²) in [7, 11) is -4.18. The first kappa shape index (κ1) is 11.5. The van der Waals surface area contributed by atoms with E-state index in [1.807, 2.05) is 0 Å². The van der Waals surface area contributed by atoms with Gasteiger partial charge in [0.05, 0.1) is 4.88 Å². The summed E-state index contributed by atoms with van der Waals surface area (Å²) in [5, 5.41) is 3.62. The maximum absolute atomic E-state index is 10.8. The Morgan fingerprint density at radius 1 is 1.50 bits per heavy atom. The van der Waals surface area contributed by atoms with Crippen LogP contribution in [0, 0.1) is 0 Å². The maximum Gasteiger partial charge on any atom is 0.304 e. The van der Waals surface area contributed by atoms with E-state index < -0.39 is 10.1 Å². The molecule has 0 aliphatic rings. The molecule has 0 unspecified atom stereocenters. The lowest BCUT2D eigenvalue weighted by Gasteiger charge is -1.87. The third-order valence-electron chi connectivity index (χ3n) is 1.64. The summed E-state index contributed by atoms with van der Waals surface area (Å²) in [5.41, 5.74) is 0. The standard InChI is InChI=1S/C7H5ClN2O4S2/c8-3-5-9-7(10-14-5)4-1-2-6(15-4)16(11,12)13/h1-2H,3H2,(H,11,12,13). The topological polar surface area (TPSA) is 93.3 Å². The fourth-order valence-electron chi connectivity index (χ4n) is 0.988. The Kier molecular flexibility index (Phi) is 2.98. The summed E-state index contributed by atoms with van der Waals surface area (Å²) < 4.78 is 35.0. The molecule has 0 atom stereocenters. The van der Waals surface area contributed by atoms with Crippen molar-refractivity contribution in [3.8, 4) is 10.7 Å². The molecule has 0 fully saturated rings. The minimum atomic E-state index is -4.18. The normalized spacial score (nSPS) is 11.9. The van der Waals surface area contributed by atoms with Crippen LogP contribution in [-0.4, -0.2) is 23.1 Å². The molecule has 0 aliphatic heterocycles. The third-order valence-corrected chi connectivity index (χ3v) is 4.27. The molecule has 0 saturated heterocycles. The summed E-state index contributed by atoms with van der Waals surface area (Å²) in [6, 6.07) is 2.75. The van der Waals surface area contributed by atoms with Crippen molar-refractivity contribution in [1.82, 2.24) is 10.1 Å². The summed E-state index contributed by atoms with van der Waals surface area (Å²) in [4.78, 5) is 4.40. The molecule has 0 amide bonds. The first-order valence-corrected chi connectivity index (χ1v) is 6.76. The Morgan fingerprint density at radius 2 is 2.25 bits per heavy atom. The van der Waals surface area contributed by atoms with Gasteiger partial charge in [0.2, 0.25) is 11.7 Å². The predicted octanol–water partition coefficient (Wildman–Crippen LogP) is 1.78. The van der Waals surface area contributed by atoms with E-state index in [9.17, 15) is 8.42 Å². The van der Waals surface area contributed by atoms with E-state index in [1.54, 1.807) is 0 Å². The molecule has 6 nitrogen and oxygen atoms in total. The lowest BCUT2D eigenvalue weighted by molar-refractivity contribution is 0.391. The van der Waals surface area contributed by atoms with Crippen LogP contribution < -0.4 is 0 Å². The smallest absolute Gasteiger partial charge is 0.304 e. The van der Waals surface area contributed by atoms with Gasteiger partial charge in [-0.15, -0.1) is 22.9 Å². The van der Waals surface area contributed by atoms with Crippen molar-refractivity contribution in [1.29, 1.82) is 0 Å². The van der Waals surface area contributed by atoms with E-state index in [4.69, 9.17) is 20.7 Å². The molecule has 0 radical (unpaired) electrons. The molecule has 0 aliphatic carbocycles. The minimum Gasteiger partial charge on any atom is -0.338 e. The van der Waals surface area contributed by atoms with Crippen LogP contribution in [-0.2, 0) is 16.0 Å². The van der Waals surface area contributed by atoms with E-state index in [0.717, 1.165) is 11.3 Å². The van der Waals surface area contributed by atoms with Gasteiger partial charge in [-0.25, -0.2) is 0 Å². The van der Waals surface area contributed by atoms with E-state index in [-0.39, 0.29) is 21.8 Å². The second-order valence-corrected chi connectivity index (χ2v) is 5.74. The molecule has 86 valence electrons. The first-order chi connectivity index (χ1) is 7.50. The van der Waals surface area contributed by atoms with Crippen molar-refractivity contribution in [2.24, 2.45) is 0 Å². The summed E-state index contributed by atoms with van der Waals surface area (Å²) in [5.74, 6) is 0.581. The number of alkyl halides is 1. The van der Waals surface area contributed by atoms with Gasteiger partial charge in [-0.1, -0.05) is 5.16 Å². The molecule has 0 saturated carbocycles. The highest BCUT2D eigenvalue weighted by molar-refractivity contribution is 7.88. The highest BCUT2D eigenvalue weighted by Gasteiger charge is 2.16. The van der Waals surface area contributed by atoms with Crippen molar-refractivity contribution in [2.45, 2.75) is 10.1 Å². The third kappa shape index (κ3) is 2.24. The molecule has 2 heterocycles. The quantitative estimate of drug-likeness (QED) is 0.680. The van der Waals surface area contributed by atoms with E-state index in [0.29, 0.717) is 4.88 Å². The largest absolute Gasteiger partial charge is 0.338 e. The highest BCUT2D eigenvalue weighted by atomic mass is 35.5. The van der Waals surface area contributed by atoms with Crippen molar-refractivity contribution < 1.29 is 17.5 Å². The van der Waals surface area contributed by atoms with Gasteiger partial charge >= 0.3 is 10.1 Å². The Bertz CT molecular complexity index is 603. The number of nitrogens with zero attached hydrogens (tertiary/aromatic N) is 2. The molecule has 1 N–H and O–H groups in total. The van der Waals surface area contributed by atoms with Crippen LogP contribution in [0.25, 0.3) is 10.7 Å². The van der Waals surface area contributed by atoms with Crippen molar-refractivity contribution >= 4 is 33.1 Å². The van der Waals surface area contributed by atoms with Crippen LogP contribution in [0.1, 0.15) is 5.89 Å². The molecule has 0 bridgehead atoms. The zero-order valence-electron chi connectivity index (χ0n) is 7.62.